The predicted octanol–water partition coefficient (Wildman–Crippen LogP) is 1.82. The van der Waals surface area contributed by atoms with Crippen LogP contribution in [0.2, 0.25) is 0 Å². The lowest BCUT2D eigenvalue weighted by atomic mass is 10.5. The molecule has 0 aliphatic rings. The average Bonchev–Trinajstić information content (AvgIpc) is 2.12. The third-order valence-electron chi connectivity index (χ3n) is 0.895. The van der Waals surface area contributed by atoms with Crippen molar-refractivity contribution in [1.82, 2.24) is 0 Å². The summed E-state index contributed by atoms with van der Waals surface area (Å²) < 4.78 is 20.9. The summed E-state index contributed by atoms with van der Waals surface area (Å²) in [7, 11) is 1.64. The largest absolute Gasteiger partial charge is 0.237 e. The summed E-state index contributed by atoms with van der Waals surface area (Å²) in [5, 5.41) is 1.82. The molecule has 1 rings (SSSR count). The Kier molecular flexibility index (Phi) is 2.33. The van der Waals surface area contributed by atoms with E-state index in [9.17, 15) is 8.42 Å². The van der Waals surface area contributed by atoms with Gasteiger partial charge in [-0.15, -0.1) is 11.3 Å². The van der Waals surface area contributed by atoms with Crippen LogP contribution in [0.15, 0.2) is 17.5 Å². The molecule has 0 unspecified atom stereocenters. The fraction of sp³-hybridized carbons (Fsp3) is 0.200. The lowest BCUT2D eigenvalue weighted by molar-refractivity contribution is 0.609. The minimum absolute atomic E-state index is 0.0633. The molecule has 0 radical (unpaired) electrons. The molecule has 56 valence electrons. The fourth-order valence-electron chi connectivity index (χ4n) is 0.565. The van der Waals surface area contributed by atoms with Crippen molar-refractivity contribution in [2.24, 2.45) is 0 Å². The smallest absolute Gasteiger partial charge is 0.212 e. The van der Waals surface area contributed by atoms with E-state index in [2.05, 4.69) is 0 Å². The first kappa shape index (κ1) is 8.04. The summed E-state index contributed by atoms with van der Waals surface area (Å²) in [4.78, 5) is 0.773. The Bertz CT molecular complexity index is 287. The van der Waals surface area contributed by atoms with E-state index in [1.54, 1.807) is 12.1 Å². The Balaban J connectivity index is 2.75. The van der Waals surface area contributed by atoms with Crippen LogP contribution in [0.3, 0.4) is 0 Å². The van der Waals surface area contributed by atoms with Crippen LogP contribution in [0.5, 0.6) is 0 Å². The van der Waals surface area contributed by atoms with Gasteiger partial charge in [0.1, 0.15) is 0 Å². The predicted molar refractivity (Wildman–Crippen MR) is 42.8 cm³/mol. The zero-order valence-corrected chi connectivity index (χ0v) is 7.34. The quantitative estimate of drug-likeness (QED) is 0.677. The van der Waals surface area contributed by atoms with Crippen LogP contribution < -0.4 is 0 Å². The highest BCUT2D eigenvalue weighted by Gasteiger charge is 2.06. The zero-order chi connectivity index (χ0) is 7.61. The molecule has 0 saturated carbocycles. The van der Waals surface area contributed by atoms with Crippen LogP contribution in [0, 0.1) is 0 Å². The van der Waals surface area contributed by atoms with Gasteiger partial charge in [0.15, 0.2) is 0 Å². The third kappa shape index (κ3) is 2.68. The van der Waals surface area contributed by atoms with Gasteiger partial charge in [-0.1, -0.05) is 6.07 Å². The Morgan fingerprint density at radius 2 is 2.30 bits per heavy atom. The molecular weight excluding hydrogens is 192 g/mol. The Morgan fingerprint density at radius 3 is 2.70 bits per heavy atom. The van der Waals surface area contributed by atoms with Gasteiger partial charge >= 0.3 is 0 Å². The molecule has 0 spiro atoms. The van der Waals surface area contributed by atoms with Crippen LogP contribution in [0.4, 0.5) is 0 Å². The van der Waals surface area contributed by atoms with Crippen molar-refractivity contribution < 1.29 is 8.42 Å². The molecule has 0 fully saturated rings. The molecule has 1 heterocycles. The Morgan fingerprint density at radius 1 is 1.60 bits per heavy atom. The second-order valence-electron chi connectivity index (χ2n) is 1.76. The summed E-state index contributed by atoms with van der Waals surface area (Å²) in [5.74, 6) is -0.0633. The van der Waals surface area contributed by atoms with Gasteiger partial charge < -0.3 is 0 Å². The maximum atomic E-state index is 10.5. The van der Waals surface area contributed by atoms with Crippen molar-refractivity contribution in [3.05, 3.63) is 22.4 Å². The lowest BCUT2D eigenvalue weighted by Crippen LogP contribution is -1.90. The summed E-state index contributed by atoms with van der Waals surface area (Å²) in [6.45, 7) is 0. The molecule has 0 aromatic carbocycles. The second kappa shape index (κ2) is 2.90. The highest BCUT2D eigenvalue weighted by atomic mass is 35.7. The molecule has 0 aliphatic heterocycles. The minimum Gasteiger partial charge on any atom is -0.212 e. The first-order chi connectivity index (χ1) is 4.58. The summed E-state index contributed by atoms with van der Waals surface area (Å²) in [6, 6.07) is 3.53. The van der Waals surface area contributed by atoms with Crippen LogP contribution in [0.25, 0.3) is 0 Å². The standard InChI is InChI=1S/C5H5ClO2S2/c6-10(7,8)4-5-2-1-3-9-5/h1-3H,4H2. The summed E-state index contributed by atoms with van der Waals surface area (Å²) in [6.07, 6.45) is 0. The van der Waals surface area contributed by atoms with Gasteiger partial charge in [-0.05, 0) is 11.4 Å². The highest BCUT2D eigenvalue weighted by molar-refractivity contribution is 8.13. The van der Waals surface area contributed by atoms with Gasteiger partial charge in [0.05, 0.1) is 5.75 Å². The number of hydrogen-bond acceptors (Lipinski definition) is 3. The number of halogens is 1. The van der Waals surface area contributed by atoms with E-state index >= 15 is 0 Å². The van der Waals surface area contributed by atoms with Gasteiger partial charge in [0.2, 0.25) is 9.05 Å². The molecular formula is C5H5ClO2S2. The molecule has 1 aromatic heterocycles. The normalized spacial score (nSPS) is 11.7. The van der Waals surface area contributed by atoms with Gasteiger partial charge in [-0.3, -0.25) is 0 Å². The van der Waals surface area contributed by atoms with E-state index in [1.165, 1.54) is 11.3 Å². The molecule has 2 nitrogen and oxygen atoms in total. The van der Waals surface area contributed by atoms with Gasteiger partial charge in [0, 0.05) is 15.6 Å². The molecule has 10 heavy (non-hydrogen) atoms. The van der Waals surface area contributed by atoms with Crippen molar-refractivity contribution >= 4 is 31.1 Å². The molecule has 0 N–H and O–H groups in total. The van der Waals surface area contributed by atoms with E-state index in [1.807, 2.05) is 5.38 Å². The Labute approximate surface area is 67.9 Å². The topological polar surface area (TPSA) is 34.1 Å². The van der Waals surface area contributed by atoms with Crippen molar-refractivity contribution in [3.8, 4) is 0 Å². The molecule has 0 amide bonds. The molecule has 5 heteroatoms. The van der Waals surface area contributed by atoms with Crippen molar-refractivity contribution in [2.45, 2.75) is 5.75 Å². The monoisotopic (exact) mass is 196 g/mol. The van der Waals surface area contributed by atoms with Crippen LogP contribution in [-0.4, -0.2) is 8.42 Å². The van der Waals surface area contributed by atoms with E-state index in [-0.39, 0.29) is 5.75 Å². The average molecular weight is 197 g/mol. The maximum Gasteiger partial charge on any atom is 0.237 e. The van der Waals surface area contributed by atoms with E-state index in [0.717, 1.165) is 4.88 Å². The molecule has 0 saturated heterocycles. The number of thiophene rings is 1. The number of hydrogen-bond donors (Lipinski definition) is 0. The van der Waals surface area contributed by atoms with Crippen LogP contribution in [-0.2, 0) is 14.8 Å². The van der Waals surface area contributed by atoms with Gasteiger partial charge in [0.25, 0.3) is 0 Å². The fourth-order valence-corrected chi connectivity index (χ4v) is 2.77. The highest BCUT2D eigenvalue weighted by Crippen LogP contribution is 2.14. The summed E-state index contributed by atoms with van der Waals surface area (Å²) >= 11 is 1.39. The van der Waals surface area contributed by atoms with E-state index in [4.69, 9.17) is 10.7 Å². The first-order valence-electron chi connectivity index (χ1n) is 2.53. The van der Waals surface area contributed by atoms with Crippen LogP contribution >= 0.6 is 22.0 Å². The lowest BCUT2D eigenvalue weighted by Gasteiger charge is -1.88. The van der Waals surface area contributed by atoms with E-state index < -0.39 is 9.05 Å². The molecule has 0 aliphatic carbocycles. The molecule has 0 atom stereocenters. The maximum absolute atomic E-state index is 10.5. The van der Waals surface area contributed by atoms with Crippen LogP contribution in [0.1, 0.15) is 4.88 Å². The zero-order valence-electron chi connectivity index (χ0n) is 4.95. The molecule has 1 aromatic rings. The van der Waals surface area contributed by atoms with Crippen molar-refractivity contribution in [1.29, 1.82) is 0 Å². The SMILES string of the molecule is O=S(=O)(Cl)Cc1cccs1. The van der Waals surface area contributed by atoms with Gasteiger partial charge in [-0.25, -0.2) is 8.42 Å². The number of rotatable bonds is 2. The second-order valence-corrected chi connectivity index (χ2v) is 5.57. The third-order valence-corrected chi connectivity index (χ3v) is 2.94. The van der Waals surface area contributed by atoms with E-state index in [0.29, 0.717) is 0 Å². The minimum atomic E-state index is -3.36. The van der Waals surface area contributed by atoms with Gasteiger partial charge in [-0.2, -0.15) is 0 Å². The molecule has 0 bridgehead atoms. The summed E-state index contributed by atoms with van der Waals surface area (Å²) in [5.41, 5.74) is 0. The first-order valence-corrected chi connectivity index (χ1v) is 5.88. The Hall–Kier alpha value is -0.0600. The van der Waals surface area contributed by atoms with Crippen molar-refractivity contribution in [2.75, 3.05) is 0 Å². The van der Waals surface area contributed by atoms with Crippen molar-refractivity contribution in [3.63, 3.8) is 0 Å².